The number of nitrogens with one attached hydrogen (secondary N) is 1. The number of nitrogens with zero attached hydrogens (tertiary/aromatic N) is 6. The van der Waals surface area contributed by atoms with Crippen LogP contribution in [0.1, 0.15) is 19.4 Å². The summed E-state index contributed by atoms with van der Waals surface area (Å²) in [6.07, 6.45) is -0.520. The van der Waals surface area contributed by atoms with Gasteiger partial charge in [0.25, 0.3) is 0 Å². The number of carbonyl (C=O) groups is 2. The Kier molecular flexibility index (Phi) is 10.0. The first kappa shape index (κ1) is 32.7. The molecule has 2 aliphatic rings. The van der Waals surface area contributed by atoms with Crippen LogP contribution in [0.4, 0.5) is 36.3 Å². The van der Waals surface area contributed by atoms with E-state index >= 15 is 0 Å². The van der Waals surface area contributed by atoms with Crippen LogP contribution in [0.5, 0.6) is 0 Å². The van der Waals surface area contributed by atoms with Crippen molar-refractivity contribution in [3.63, 3.8) is 0 Å². The van der Waals surface area contributed by atoms with Gasteiger partial charge in [0.2, 0.25) is 17.8 Å². The number of hydrogen-bond acceptors (Lipinski definition) is 9. The van der Waals surface area contributed by atoms with E-state index in [0.29, 0.717) is 51.2 Å². The van der Waals surface area contributed by atoms with E-state index in [1.54, 1.807) is 36.7 Å². The second-order valence-electron chi connectivity index (χ2n) is 11.5. The zero-order valence-corrected chi connectivity index (χ0v) is 25.8. The van der Waals surface area contributed by atoms with Crippen LogP contribution >= 0.6 is 0 Å². The predicted octanol–water partition coefficient (Wildman–Crippen LogP) is 3.93. The van der Waals surface area contributed by atoms with Gasteiger partial charge in [-0.1, -0.05) is 26.0 Å². The molecule has 2 aliphatic heterocycles. The van der Waals surface area contributed by atoms with Gasteiger partial charge in [-0.3, -0.25) is 9.59 Å². The molecule has 0 saturated carbocycles. The number of rotatable bonds is 8. The van der Waals surface area contributed by atoms with E-state index in [-0.39, 0.29) is 18.3 Å². The summed E-state index contributed by atoms with van der Waals surface area (Å²) in [5.41, 5.74) is 8.34. The Labute approximate surface area is 265 Å². The van der Waals surface area contributed by atoms with E-state index in [0.717, 1.165) is 41.4 Å². The Morgan fingerprint density at radius 2 is 1.63 bits per heavy atom. The quantitative estimate of drug-likeness (QED) is 0.353. The first-order valence-electron chi connectivity index (χ1n) is 15.1. The van der Waals surface area contributed by atoms with Crippen LogP contribution in [0.15, 0.2) is 60.4 Å². The number of morpholine rings is 1. The van der Waals surface area contributed by atoms with Crippen molar-refractivity contribution in [2.45, 2.75) is 26.4 Å². The summed E-state index contributed by atoms with van der Waals surface area (Å²) in [5.74, 6) is -0.713. The van der Waals surface area contributed by atoms with Gasteiger partial charge in [0, 0.05) is 86.3 Å². The van der Waals surface area contributed by atoms with Crippen LogP contribution in [0.2, 0.25) is 0 Å². The van der Waals surface area contributed by atoms with Crippen LogP contribution in [0.25, 0.3) is 11.3 Å². The first-order chi connectivity index (χ1) is 22.0. The highest BCUT2D eigenvalue weighted by Crippen LogP contribution is 2.31. The third kappa shape index (κ3) is 8.30. The number of pyridine rings is 1. The van der Waals surface area contributed by atoms with Crippen molar-refractivity contribution in [1.29, 1.82) is 0 Å². The van der Waals surface area contributed by atoms with Crippen LogP contribution in [0, 0.1) is 5.92 Å². The van der Waals surface area contributed by atoms with Gasteiger partial charge in [0.05, 0.1) is 25.3 Å². The number of ether oxygens (including phenoxy) is 1. The van der Waals surface area contributed by atoms with Gasteiger partial charge in [0.15, 0.2) is 0 Å². The minimum Gasteiger partial charge on any atom is -0.378 e. The molecule has 11 nitrogen and oxygen atoms in total. The monoisotopic (exact) mass is 638 g/mol. The third-order valence-electron chi connectivity index (χ3n) is 7.91. The minimum atomic E-state index is -4.58. The maximum absolute atomic E-state index is 13.2. The van der Waals surface area contributed by atoms with Crippen molar-refractivity contribution < 1.29 is 27.5 Å². The topological polar surface area (TPSA) is 130 Å². The summed E-state index contributed by atoms with van der Waals surface area (Å²) in [5, 5.41) is 2.46. The van der Waals surface area contributed by atoms with Gasteiger partial charge in [-0.05, 0) is 29.7 Å². The zero-order chi connectivity index (χ0) is 32.8. The van der Waals surface area contributed by atoms with Gasteiger partial charge >= 0.3 is 6.18 Å². The zero-order valence-electron chi connectivity index (χ0n) is 25.8. The number of aromatic nitrogens is 3. The summed E-state index contributed by atoms with van der Waals surface area (Å²) < 4.78 is 45.1. The molecule has 4 heterocycles. The fourth-order valence-electron chi connectivity index (χ4n) is 5.36. The highest BCUT2D eigenvalue weighted by Gasteiger charge is 2.36. The SMILES string of the molecule is CC(C)/C(=C/C(=O)Nc1ccc(CC(=O)N2CCN(c3cc(-c4cnc(N)nc4)nc(N4CCOCC4)c3)CC2)cc1)C(F)(F)F. The van der Waals surface area contributed by atoms with E-state index in [1.165, 1.54) is 13.8 Å². The molecule has 3 N–H and O–H groups in total. The van der Waals surface area contributed by atoms with Gasteiger partial charge in [-0.15, -0.1) is 0 Å². The predicted molar refractivity (Wildman–Crippen MR) is 169 cm³/mol. The van der Waals surface area contributed by atoms with Crippen molar-refractivity contribution in [2.24, 2.45) is 5.92 Å². The molecule has 2 saturated heterocycles. The Morgan fingerprint density at radius 1 is 0.978 bits per heavy atom. The molecule has 5 rings (SSSR count). The fourth-order valence-corrected chi connectivity index (χ4v) is 5.36. The standard InChI is InChI=1S/C32H37F3N8O3/c1-21(2)26(32(33,34)35)18-29(44)39-24-5-3-22(4-6-24)15-30(45)43-9-7-41(8-10-43)25-16-27(23-19-37-31(36)38-20-23)40-28(17-25)42-11-13-46-14-12-42/h3-6,16-21H,7-15H2,1-2H3,(H,39,44)(H2,36,37,38)/b26-18-. The maximum atomic E-state index is 13.2. The number of allylic oxidation sites excluding steroid dienone is 1. The second kappa shape index (κ2) is 14.1. The number of hydrogen-bond donors (Lipinski definition) is 2. The van der Waals surface area contributed by atoms with E-state index in [2.05, 4.69) is 31.2 Å². The molecule has 0 spiro atoms. The largest absolute Gasteiger partial charge is 0.413 e. The van der Waals surface area contributed by atoms with Gasteiger partial charge in [-0.2, -0.15) is 13.2 Å². The lowest BCUT2D eigenvalue weighted by atomic mass is 10.0. The number of anilines is 4. The molecule has 0 atom stereocenters. The van der Waals surface area contributed by atoms with Crippen LogP contribution in [-0.2, 0) is 20.7 Å². The smallest absolute Gasteiger partial charge is 0.378 e. The number of alkyl halides is 3. The molecule has 0 aliphatic carbocycles. The Hall–Kier alpha value is -4.72. The molecule has 244 valence electrons. The number of nitrogen functional groups attached to an aromatic ring is 1. The summed E-state index contributed by atoms with van der Waals surface area (Å²) in [6, 6.07) is 10.6. The van der Waals surface area contributed by atoms with E-state index < -0.39 is 23.6 Å². The van der Waals surface area contributed by atoms with Crippen molar-refractivity contribution in [3.05, 3.63) is 66.0 Å². The van der Waals surface area contributed by atoms with Crippen LogP contribution in [-0.4, -0.2) is 90.3 Å². The van der Waals surface area contributed by atoms with Gasteiger partial charge in [-0.25, -0.2) is 15.0 Å². The van der Waals surface area contributed by atoms with Crippen molar-refractivity contribution in [1.82, 2.24) is 19.9 Å². The Bertz CT molecular complexity index is 1550. The molecule has 2 amide bonds. The molecule has 1 aromatic carbocycles. The highest BCUT2D eigenvalue weighted by molar-refractivity contribution is 6.00. The molecule has 0 radical (unpaired) electrons. The van der Waals surface area contributed by atoms with Crippen molar-refractivity contribution >= 4 is 35.0 Å². The van der Waals surface area contributed by atoms with E-state index in [1.807, 2.05) is 11.0 Å². The second-order valence-corrected chi connectivity index (χ2v) is 11.5. The van der Waals surface area contributed by atoms with E-state index in [4.69, 9.17) is 15.5 Å². The molecular weight excluding hydrogens is 601 g/mol. The first-order valence-corrected chi connectivity index (χ1v) is 15.1. The highest BCUT2D eigenvalue weighted by atomic mass is 19.4. The average Bonchev–Trinajstić information content (AvgIpc) is 3.04. The molecule has 2 fully saturated rings. The van der Waals surface area contributed by atoms with Gasteiger partial charge < -0.3 is 30.5 Å². The van der Waals surface area contributed by atoms with Crippen molar-refractivity contribution in [2.75, 3.05) is 73.3 Å². The lowest BCUT2D eigenvalue weighted by Crippen LogP contribution is -2.49. The molecule has 3 aromatic rings. The Morgan fingerprint density at radius 3 is 2.24 bits per heavy atom. The van der Waals surface area contributed by atoms with Gasteiger partial charge in [0.1, 0.15) is 5.82 Å². The maximum Gasteiger partial charge on any atom is 0.413 e. The van der Waals surface area contributed by atoms with Crippen LogP contribution < -0.4 is 20.9 Å². The molecule has 2 aromatic heterocycles. The summed E-state index contributed by atoms with van der Waals surface area (Å²) in [6.45, 7) is 7.82. The molecule has 46 heavy (non-hydrogen) atoms. The summed E-state index contributed by atoms with van der Waals surface area (Å²) in [4.78, 5) is 44.7. The van der Waals surface area contributed by atoms with Crippen molar-refractivity contribution in [3.8, 4) is 11.3 Å². The number of carbonyl (C=O) groups excluding carboxylic acids is 2. The summed E-state index contributed by atoms with van der Waals surface area (Å²) in [7, 11) is 0. The molecule has 0 bridgehead atoms. The minimum absolute atomic E-state index is 0.0328. The average molecular weight is 639 g/mol. The number of benzene rings is 1. The van der Waals surface area contributed by atoms with E-state index in [9.17, 15) is 22.8 Å². The Balaban J connectivity index is 1.20. The fraction of sp³-hybridized carbons (Fsp3) is 0.406. The number of nitrogens with two attached hydrogens (primary N) is 1. The molecular formula is C32H37F3N8O3. The third-order valence-corrected chi connectivity index (χ3v) is 7.91. The number of halogens is 3. The molecule has 0 unspecified atom stereocenters. The van der Waals surface area contributed by atoms with Crippen LogP contribution in [0.3, 0.4) is 0 Å². The lowest BCUT2D eigenvalue weighted by Gasteiger charge is -2.37. The molecule has 14 heteroatoms. The summed E-state index contributed by atoms with van der Waals surface area (Å²) >= 11 is 0. The number of piperazine rings is 1. The number of amides is 2. The lowest BCUT2D eigenvalue weighted by molar-refractivity contribution is -0.130. The normalized spacial score (nSPS) is 16.1.